The summed E-state index contributed by atoms with van der Waals surface area (Å²) >= 11 is 1.41. The highest BCUT2D eigenvalue weighted by Gasteiger charge is 2.17. The van der Waals surface area contributed by atoms with E-state index >= 15 is 0 Å². The third-order valence-electron chi connectivity index (χ3n) is 2.11. The second-order valence-corrected chi connectivity index (χ2v) is 4.28. The van der Waals surface area contributed by atoms with E-state index in [4.69, 9.17) is 11.1 Å². The minimum absolute atomic E-state index is 0.0275. The molecule has 0 saturated carbocycles. The van der Waals surface area contributed by atoms with Crippen molar-refractivity contribution < 1.29 is 0 Å². The van der Waals surface area contributed by atoms with Crippen LogP contribution in [0.4, 0.5) is 0 Å². The lowest BCUT2D eigenvalue weighted by atomic mass is 10.2. The number of aromatic amines is 1. The molecule has 84 valence electrons. The second-order valence-electron chi connectivity index (χ2n) is 3.30. The molecule has 0 aliphatic rings. The summed E-state index contributed by atoms with van der Waals surface area (Å²) in [6, 6.07) is 0. The highest BCUT2D eigenvalue weighted by molar-refractivity contribution is 7.99. The Morgan fingerprint density at radius 3 is 2.94 bits per heavy atom. The van der Waals surface area contributed by atoms with Crippen LogP contribution >= 0.6 is 11.8 Å². The fourth-order valence-corrected chi connectivity index (χ4v) is 2.42. The third-order valence-corrected chi connectivity index (χ3v) is 3.18. The fourth-order valence-electron chi connectivity index (χ4n) is 1.46. The van der Waals surface area contributed by atoms with Crippen LogP contribution in [0.1, 0.15) is 11.3 Å². The van der Waals surface area contributed by atoms with Crippen LogP contribution in [0.3, 0.4) is 0 Å². The van der Waals surface area contributed by atoms with Gasteiger partial charge in [-0.2, -0.15) is 5.10 Å². The maximum atomic E-state index is 7.54. The van der Waals surface area contributed by atoms with Gasteiger partial charge in [-0.25, -0.2) is 4.98 Å². The van der Waals surface area contributed by atoms with Crippen LogP contribution in [0.25, 0.3) is 0 Å². The lowest BCUT2D eigenvalue weighted by Crippen LogP contribution is -2.13. The van der Waals surface area contributed by atoms with E-state index in [0.717, 1.165) is 15.9 Å². The smallest absolute Gasteiger partial charge is 0.171 e. The summed E-state index contributed by atoms with van der Waals surface area (Å²) in [7, 11) is 1.82. The van der Waals surface area contributed by atoms with Crippen molar-refractivity contribution in [2.45, 2.75) is 17.1 Å². The number of rotatable bonds is 3. The van der Waals surface area contributed by atoms with Crippen LogP contribution in [0.5, 0.6) is 0 Å². The van der Waals surface area contributed by atoms with Crippen LogP contribution in [-0.4, -0.2) is 25.6 Å². The van der Waals surface area contributed by atoms with E-state index < -0.39 is 0 Å². The van der Waals surface area contributed by atoms with E-state index in [1.165, 1.54) is 11.8 Å². The number of amidine groups is 1. The molecule has 2 aromatic rings. The van der Waals surface area contributed by atoms with Crippen molar-refractivity contribution in [3.05, 3.63) is 23.7 Å². The van der Waals surface area contributed by atoms with Crippen molar-refractivity contribution in [2.24, 2.45) is 12.8 Å². The van der Waals surface area contributed by atoms with Crippen molar-refractivity contribution >= 4 is 17.6 Å². The Morgan fingerprint density at radius 2 is 2.38 bits per heavy atom. The number of hydrogen-bond donors (Lipinski definition) is 3. The third kappa shape index (κ3) is 1.81. The van der Waals surface area contributed by atoms with Gasteiger partial charge in [0.1, 0.15) is 10.9 Å². The Hall–Kier alpha value is -1.76. The minimum Gasteiger partial charge on any atom is -0.384 e. The molecule has 0 atom stereocenters. The number of aryl methyl sites for hydroxylation is 2. The summed E-state index contributed by atoms with van der Waals surface area (Å²) in [5.74, 6) is 0.0275. The van der Waals surface area contributed by atoms with E-state index in [0.29, 0.717) is 5.56 Å². The highest BCUT2D eigenvalue weighted by atomic mass is 32.2. The zero-order valence-electron chi connectivity index (χ0n) is 8.98. The van der Waals surface area contributed by atoms with Crippen molar-refractivity contribution in [3.8, 4) is 0 Å². The Kier molecular flexibility index (Phi) is 2.69. The molecule has 0 aliphatic carbocycles. The topological polar surface area (TPSA) is 96.4 Å². The number of nitrogens with zero attached hydrogens (tertiary/aromatic N) is 3. The molecule has 4 N–H and O–H groups in total. The molecule has 6 nitrogen and oxygen atoms in total. The van der Waals surface area contributed by atoms with E-state index in [1.807, 2.05) is 14.0 Å². The van der Waals surface area contributed by atoms with Crippen molar-refractivity contribution in [3.63, 3.8) is 0 Å². The number of hydrogen-bond acceptors (Lipinski definition) is 4. The van der Waals surface area contributed by atoms with E-state index in [2.05, 4.69) is 15.1 Å². The maximum absolute atomic E-state index is 7.54. The molecular formula is C9H12N6S. The molecule has 0 amide bonds. The van der Waals surface area contributed by atoms with Gasteiger partial charge in [-0.1, -0.05) is 0 Å². The molecule has 2 heterocycles. The molecule has 0 aliphatic heterocycles. The molecule has 0 bridgehead atoms. The Labute approximate surface area is 96.8 Å². The van der Waals surface area contributed by atoms with Crippen LogP contribution in [0, 0.1) is 12.3 Å². The number of nitrogens with one attached hydrogen (secondary N) is 2. The molecule has 0 aromatic carbocycles. The summed E-state index contributed by atoms with van der Waals surface area (Å²) in [5.41, 5.74) is 6.97. The van der Waals surface area contributed by atoms with Gasteiger partial charge < -0.3 is 10.7 Å². The van der Waals surface area contributed by atoms with Gasteiger partial charge in [-0.3, -0.25) is 10.1 Å². The van der Waals surface area contributed by atoms with E-state index in [-0.39, 0.29) is 5.84 Å². The standard InChI is InChI=1S/C9H12N6S/c1-5-6(7(10)11)8(15(2)14-5)16-9-12-3-4-13-9/h3-4H,1-2H3,(H3,10,11)(H,12,13). The number of nitrogen functional groups attached to an aromatic ring is 1. The quantitative estimate of drug-likeness (QED) is 0.544. The summed E-state index contributed by atoms with van der Waals surface area (Å²) in [6.45, 7) is 1.84. The molecule has 16 heavy (non-hydrogen) atoms. The van der Waals surface area contributed by atoms with Gasteiger partial charge in [0.05, 0.1) is 11.3 Å². The summed E-state index contributed by atoms with van der Waals surface area (Å²) in [6.07, 6.45) is 3.43. The molecule has 0 unspecified atom stereocenters. The SMILES string of the molecule is Cc1nn(C)c(Sc2ncc[nH]2)c1C(=N)N. The molecule has 2 rings (SSSR count). The summed E-state index contributed by atoms with van der Waals surface area (Å²) < 4.78 is 1.71. The van der Waals surface area contributed by atoms with Crippen molar-refractivity contribution in [2.75, 3.05) is 0 Å². The van der Waals surface area contributed by atoms with Gasteiger partial charge >= 0.3 is 0 Å². The van der Waals surface area contributed by atoms with Crippen molar-refractivity contribution in [1.82, 2.24) is 19.7 Å². The largest absolute Gasteiger partial charge is 0.384 e. The molecule has 7 heteroatoms. The maximum Gasteiger partial charge on any atom is 0.171 e. The zero-order valence-corrected chi connectivity index (χ0v) is 9.80. The Bertz CT molecular complexity index is 512. The van der Waals surface area contributed by atoms with Gasteiger partial charge in [0, 0.05) is 19.4 Å². The predicted octanol–water partition coefficient (Wildman–Crippen LogP) is 0.887. The number of imidazole rings is 1. The lowest BCUT2D eigenvalue weighted by Gasteiger charge is -2.02. The van der Waals surface area contributed by atoms with Gasteiger partial charge in [0.15, 0.2) is 5.16 Å². The van der Waals surface area contributed by atoms with Gasteiger partial charge in [0.25, 0.3) is 0 Å². The molecule has 0 spiro atoms. The van der Waals surface area contributed by atoms with E-state index in [1.54, 1.807) is 17.1 Å². The first-order valence-electron chi connectivity index (χ1n) is 4.65. The normalized spacial score (nSPS) is 10.6. The first kappa shape index (κ1) is 10.7. The monoisotopic (exact) mass is 236 g/mol. The van der Waals surface area contributed by atoms with Crippen molar-refractivity contribution in [1.29, 1.82) is 5.41 Å². The van der Waals surface area contributed by atoms with Crippen LogP contribution < -0.4 is 5.73 Å². The molecule has 0 radical (unpaired) electrons. The first-order valence-corrected chi connectivity index (χ1v) is 5.46. The lowest BCUT2D eigenvalue weighted by molar-refractivity contribution is 0.691. The zero-order chi connectivity index (χ0) is 11.7. The van der Waals surface area contributed by atoms with Crippen LogP contribution in [0.15, 0.2) is 22.6 Å². The number of nitrogens with two attached hydrogens (primary N) is 1. The molecule has 0 fully saturated rings. The second kappa shape index (κ2) is 4.01. The van der Waals surface area contributed by atoms with E-state index in [9.17, 15) is 0 Å². The van der Waals surface area contributed by atoms with Gasteiger partial charge in [-0.05, 0) is 18.7 Å². The average Bonchev–Trinajstić information content (AvgIpc) is 2.76. The first-order chi connectivity index (χ1) is 7.59. The molecule has 2 aromatic heterocycles. The molecular weight excluding hydrogens is 224 g/mol. The van der Waals surface area contributed by atoms with Crippen LogP contribution in [-0.2, 0) is 7.05 Å². The number of H-pyrrole nitrogens is 1. The minimum atomic E-state index is 0.0275. The Morgan fingerprint density at radius 1 is 1.62 bits per heavy atom. The fraction of sp³-hybridized carbons (Fsp3) is 0.222. The van der Waals surface area contributed by atoms with Gasteiger partial charge in [-0.15, -0.1) is 0 Å². The average molecular weight is 236 g/mol. The highest BCUT2D eigenvalue weighted by Crippen LogP contribution is 2.28. The Balaban J connectivity index is 2.43. The number of aromatic nitrogens is 4. The summed E-state index contributed by atoms with van der Waals surface area (Å²) in [5, 5.41) is 13.4. The van der Waals surface area contributed by atoms with Crippen LogP contribution in [0.2, 0.25) is 0 Å². The summed E-state index contributed by atoms with van der Waals surface area (Å²) in [4.78, 5) is 7.11. The molecule has 0 saturated heterocycles. The van der Waals surface area contributed by atoms with Gasteiger partial charge in [0.2, 0.25) is 0 Å². The predicted molar refractivity (Wildman–Crippen MR) is 61.7 cm³/mol.